The van der Waals surface area contributed by atoms with E-state index in [-0.39, 0.29) is 0 Å². The molecule has 0 unspecified atom stereocenters. The van der Waals surface area contributed by atoms with E-state index in [1.54, 1.807) is 12.1 Å². The van der Waals surface area contributed by atoms with Crippen molar-refractivity contribution in [3.63, 3.8) is 0 Å². The van der Waals surface area contributed by atoms with Crippen LogP contribution in [0, 0.1) is 0 Å². The fourth-order valence-corrected chi connectivity index (χ4v) is 1.00. The normalized spacial score (nSPS) is 9.42. The minimum atomic E-state index is 0.435. The van der Waals surface area contributed by atoms with Crippen molar-refractivity contribution >= 4 is 14.1 Å². The molecule has 0 aliphatic rings. The van der Waals surface area contributed by atoms with Crippen LogP contribution >= 0.6 is 0 Å². The first-order valence-electron chi connectivity index (χ1n) is 3.64. The van der Waals surface area contributed by atoms with Gasteiger partial charge in [-0.2, -0.15) is 0 Å². The molecular weight excluding hydrogens is 151 g/mol. The Morgan fingerprint density at radius 1 is 1.58 bits per heavy atom. The lowest BCUT2D eigenvalue weighted by molar-refractivity contribution is 0.112. The summed E-state index contributed by atoms with van der Waals surface area (Å²) >= 11 is 0. The van der Waals surface area contributed by atoms with Gasteiger partial charge in [0.1, 0.15) is 5.75 Å². The molecule has 2 nitrogen and oxygen atoms in total. The van der Waals surface area contributed by atoms with Gasteiger partial charge in [0.05, 0.1) is 20.5 Å². The van der Waals surface area contributed by atoms with Gasteiger partial charge in [-0.25, -0.2) is 0 Å². The summed E-state index contributed by atoms with van der Waals surface area (Å²) in [5.74, 6) is 0.585. The highest BCUT2D eigenvalue weighted by Gasteiger charge is 2.01. The molecular formula is C9H9BO2. The minimum Gasteiger partial charge on any atom is -0.496 e. The second-order valence-corrected chi connectivity index (χ2v) is 2.40. The number of methoxy groups -OCH3 is 1. The van der Waals surface area contributed by atoms with Gasteiger partial charge in [-0.3, -0.25) is 4.79 Å². The topological polar surface area (TPSA) is 26.3 Å². The van der Waals surface area contributed by atoms with Crippen molar-refractivity contribution in [2.75, 3.05) is 7.11 Å². The average Bonchev–Trinajstić information content (AvgIpc) is 2.16. The maximum atomic E-state index is 10.5. The van der Waals surface area contributed by atoms with E-state index >= 15 is 0 Å². The molecule has 0 fully saturated rings. The van der Waals surface area contributed by atoms with E-state index in [0.29, 0.717) is 17.6 Å². The number of carbonyl (C=O) groups is 1. The molecule has 1 aromatic carbocycles. The van der Waals surface area contributed by atoms with Gasteiger partial charge in [0.25, 0.3) is 0 Å². The summed E-state index contributed by atoms with van der Waals surface area (Å²) in [6, 6.07) is 5.31. The molecule has 0 spiro atoms. The molecule has 0 aromatic heterocycles. The Kier molecular flexibility index (Phi) is 2.91. The standard InChI is InChI=1S/C9H9BO2/c1-12-9-3-2-7(5-10)4-8(9)6-11/h2-4,6H,5H2,1H3. The maximum absolute atomic E-state index is 10.5. The van der Waals surface area contributed by atoms with E-state index in [2.05, 4.69) is 0 Å². The molecule has 0 atom stereocenters. The van der Waals surface area contributed by atoms with Gasteiger partial charge in [0, 0.05) is 0 Å². The van der Waals surface area contributed by atoms with Crippen LogP contribution in [-0.4, -0.2) is 21.2 Å². The summed E-state index contributed by atoms with van der Waals surface area (Å²) in [4.78, 5) is 10.5. The summed E-state index contributed by atoms with van der Waals surface area (Å²) in [5.41, 5.74) is 1.47. The predicted molar refractivity (Wildman–Crippen MR) is 47.8 cm³/mol. The number of hydrogen-bond acceptors (Lipinski definition) is 2. The molecule has 0 saturated carbocycles. The predicted octanol–water partition coefficient (Wildman–Crippen LogP) is 1.18. The third-order valence-corrected chi connectivity index (χ3v) is 1.66. The molecule has 0 aliphatic heterocycles. The van der Waals surface area contributed by atoms with Crippen molar-refractivity contribution in [2.24, 2.45) is 0 Å². The Hall–Kier alpha value is -1.25. The molecule has 0 bridgehead atoms. The molecule has 0 saturated heterocycles. The molecule has 3 heteroatoms. The smallest absolute Gasteiger partial charge is 0.153 e. The van der Waals surface area contributed by atoms with E-state index in [4.69, 9.17) is 12.6 Å². The largest absolute Gasteiger partial charge is 0.496 e. The molecule has 0 amide bonds. The highest BCUT2D eigenvalue weighted by atomic mass is 16.5. The minimum absolute atomic E-state index is 0.435. The highest BCUT2D eigenvalue weighted by Crippen LogP contribution is 2.17. The molecule has 1 rings (SSSR count). The molecule has 0 aliphatic carbocycles. The maximum Gasteiger partial charge on any atom is 0.153 e. The molecule has 2 radical (unpaired) electrons. The number of ether oxygens (including phenoxy) is 1. The molecule has 60 valence electrons. The summed E-state index contributed by atoms with van der Waals surface area (Å²) in [6.07, 6.45) is 1.20. The number of benzene rings is 1. The SMILES string of the molecule is [B]Cc1ccc(OC)c(C=O)c1. The lowest BCUT2D eigenvalue weighted by atomic mass is 9.95. The van der Waals surface area contributed by atoms with Gasteiger partial charge in [-0.05, 0) is 12.1 Å². The Bertz CT molecular complexity index is 284. The average molecular weight is 160 g/mol. The third kappa shape index (κ3) is 1.67. The summed E-state index contributed by atoms with van der Waals surface area (Å²) in [7, 11) is 6.94. The first kappa shape index (κ1) is 8.85. The molecule has 1 aromatic rings. The van der Waals surface area contributed by atoms with Gasteiger partial charge in [0.15, 0.2) is 6.29 Å². The monoisotopic (exact) mass is 160 g/mol. The van der Waals surface area contributed by atoms with Gasteiger partial charge in [-0.1, -0.05) is 17.9 Å². The highest BCUT2D eigenvalue weighted by molar-refractivity contribution is 6.08. The van der Waals surface area contributed by atoms with Crippen LogP contribution in [0.5, 0.6) is 5.75 Å². The van der Waals surface area contributed by atoms with Crippen molar-refractivity contribution in [2.45, 2.75) is 6.32 Å². The van der Waals surface area contributed by atoms with Crippen LogP contribution in [0.2, 0.25) is 0 Å². The summed E-state index contributed by atoms with van der Waals surface area (Å²) < 4.78 is 4.96. The third-order valence-electron chi connectivity index (χ3n) is 1.66. The number of rotatable bonds is 3. The molecule has 0 N–H and O–H groups in total. The number of aldehydes is 1. The Balaban J connectivity index is 3.10. The number of hydrogen-bond donors (Lipinski definition) is 0. The Morgan fingerprint density at radius 3 is 2.83 bits per heavy atom. The van der Waals surface area contributed by atoms with E-state index in [0.717, 1.165) is 11.8 Å². The van der Waals surface area contributed by atoms with Crippen molar-refractivity contribution in [1.82, 2.24) is 0 Å². The lowest BCUT2D eigenvalue weighted by Gasteiger charge is -2.04. The van der Waals surface area contributed by atoms with Crippen LogP contribution in [0.1, 0.15) is 15.9 Å². The van der Waals surface area contributed by atoms with Crippen LogP contribution in [0.15, 0.2) is 18.2 Å². The zero-order valence-corrected chi connectivity index (χ0v) is 6.91. The van der Waals surface area contributed by atoms with E-state index in [9.17, 15) is 4.79 Å². The lowest BCUT2D eigenvalue weighted by Crippen LogP contribution is -1.92. The van der Waals surface area contributed by atoms with Gasteiger partial charge in [-0.15, -0.1) is 0 Å². The van der Waals surface area contributed by atoms with Crippen LogP contribution in [-0.2, 0) is 6.32 Å². The number of carbonyl (C=O) groups excluding carboxylic acids is 1. The Labute approximate surface area is 73.0 Å². The van der Waals surface area contributed by atoms with Crippen LogP contribution < -0.4 is 4.74 Å². The van der Waals surface area contributed by atoms with E-state index in [1.807, 2.05) is 6.07 Å². The fraction of sp³-hybridized carbons (Fsp3) is 0.222. The quantitative estimate of drug-likeness (QED) is 0.490. The first-order valence-corrected chi connectivity index (χ1v) is 3.64. The van der Waals surface area contributed by atoms with Crippen molar-refractivity contribution < 1.29 is 9.53 Å². The van der Waals surface area contributed by atoms with E-state index < -0.39 is 0 Å². The summed E-state index contributed by atoms with van der Waals surface area (Å²) in [5, 5.41) is 0. The van der Waals surface area contributed by atoms with Gasteiger partial charge < -0.3 is 4.74 Å². The molecule has 0 heterocycles. The van der Waals surface area contributed by atoms with Crippen molar-refractivity contribution in [1.29, 1.82) is 0 Å². The second-order valence-electron chi connectivity index (χ2n) is 2.40. The zero-order chi connectivity index (χ0) is 8.97. The molecule has 12 heavy (non-hydrogen) atoms. The van der Waals surface area contributed by atoms with Crippen molar-refractivity contribution in [3.05, 3.63) is 29.3 Å². The van der Waals surface area contributed by atoms with Gasteiger partial charge >= 0.3 is 0 Å². The first-order chi connectivity index (χ1) is 5.81. The second kappa shape index (κ2) is 3.95. The van der Waals surface area contributed by atoms with Crippen LogP contribution in [0.25, 0.3) is 0 Å². The van der Waals surface area contributed by atoms with Crippen molar-refractivity contribution in [3.8, 4) is 5.75 Å². The van der Waals surface area contributed by atoms with Crippen LogP contribution in [0.4, 0.5) is 0 Å². The summed E-state index contributed by atoms with van der Waals surface area (Å²) in [6.45, 7) is 0. The Morgan fingerprint density at radius 2 is 2.33 bits per heavy atom. The fourth-order valence-electron chi connectivity index (χ4n) is 1.00. The van der Waals surface area contributed by atoms with Gasteiger partial charge in [0.2, 0.25) is 0 Å². The van der Waals surface area contributed by atoms with Crippen LogP contribution in [0.3, 0.4) is 0 Å². The van der Waals surface area contributed by atoms with E-state index in [1.165, 1.54) is 7.11 Å². The zero-order valence-electron chi connectivity index (χ0n) is 6.91.